The molecule has 1 saturated carbocycles. The molecule has 2 aliphatic rings. The van der Waals surface area contributed by atoms with Gasteiger partial charge >= 0.3 is 0 Å². The zero-order valence-corrected chi connectivity index (χ0v) is 15.2. The fourth-order valence-corrected chi connectivity index (χ4v) is 2.92. The Morgan fingerprint density at radius 2 is 1.55 bits per heavy atom. The SMILES string of the molecule is CC.CC(=O)[C@@H]1CCN(C(=O)C2CCC(N)CC2)C1.CCC.[HH]. The number of rotatable bonds is 2. The van der Waals surface area contributed by atoms with E-state index in [1.165, 1.54) is 6.42 Å². The molecule has 1 aliphatic carbocycles. The van der Waals surface area contributed by atoms with Crippen LogP contribution >= 0.6 is 0 Å². The third-order valence-electron chi connectivity index (χ3n) is 4.20. The minimum Gasteiger partial charge on any atom is -0.342 e. The van der Waals surface area contributed by atoms with E-state index in [1.807, 2.05) is 18.7 Å². The topological polar surface area (TPSA) is 63.4 Å². The van der Waals surface area contributed by atoms with E-state index in [-0.39, 0.29) is 31.0 Å². The Kier molecular flexibility index (Phi) is 11.2. The van der Waals surface area contributed by atoms with Gasteiger partial charge in [-0.25, -0.2) is 0 Å². The molecule has 1 heterocycles. The first-order chi connectivity index (χ1) is 10.5. The molecule has 0 unspecified atom stereocenters. The van der Waals surface area contributed by atoms with E-state index in [0.29, 0.717) is 6.54 Å². The third kappa shape index (κ3) is 6.91. The highest BCUT2D eigenvalue weighted by atomic mass is 16.2. The molecule has 1 amide bonds. The van der Waals surface area contributed by atoms with Crippen molar-refractivity contribution in [2.75, 3.05) is 13.1 Å². The molecule has 1 aliphatic heterocycles. The summed E-state index contributed by atoms with van der Waals surface area (Å²) in [7, 11) is 0. The highest BCUT2D eigenvalue weighted by Gasteiger charge is 2.33. The van der Waals surface area contributed by atoms with E-state index in [4.69, 9.17) is 5.73 Å². The summed E-state index contributed by atoms with van der Waals surface area (Å²) in [4.78, 5) is 25.4. The van der Waals surface area contributed by atoms with E-state index in [2.05, 4.69) is 13.8 Å². The van der Waals surface area contributed by atoms with Gasteiger partial charge in [-0.1, -0.05) is 34.1 Å². The van der Waals surface area contributed by atoms with Crippen LogP contribution in [0.3, 0.4) is 0 Å². The smallest absolute Gasteiger partial charge is 0.225 e. The Labute approximate surface area is 138 Å². The number of hydrogen-bond acceptors (Lipinski definition) is 3. The van der Waals surface area contributed by atoms with Crippen LogP contribution in [0.5, 0.6) is 0 Å². The van der Waals surface area contributed by atoms with Crippen LogP contribution in [0.1, 0.15) is 74.6 Å². The average molecular weight is 315 g/mol. The molecule has 0 radical (unpaired) electrons. The molecule has 1 atom stereocenters. The lowest BCUT2D eigenvalue weighted by molar-refractivity contribution is -0.135. The summed E-state index contributed by atoms with van der Waals surface area (Å²) in [5.74, 6) is 0.692. The number of hydrogen-bond donors (Lipinski definition) is 1. The molecule has 4 heteroatoms. The highest BCUT2D eigenvalue weighted by Crippen LogP contribution is 2.27. The Balaban J connectivity index is 0. The monoisotopic (exact) mass is 314 g/mol. The number of likely N-dealkylation sites (tertiary alicyclic amines) is 1. The molecular weight excluding hydrogens is 276 g/mol. The van der Waals surface area contributed by atoms with Crippen LogP contribution in [0.15, 0.2) is 0 Å². The number of carbonyl (C=O) groups excluding carboxylic acids is 2. The summed E-state index contributed by atoms with van der Waals surface area (Å²) in [6.45, 7) is 11.3. The van der Waals surface area contributed by atoms with Gasteiger partial charge in [0.1, 0.15) is 5.78 Å². The number of amides is 1. The first-order valence-electron chi connectivity index (χ1n) is 9.04. The summed E-state index contributed by atoms with van der Waals surface area (Å²) in [6.07, 6.45) is 5.84. The lowest BCUT2D eigenvalue weighted by Gasteiger charge is -2.28. The Bertz CT molecular complexity index is 329. The van der Waals surface area contributed by atoms with E-state index in [9.17, 15) is 9.59 Å². The van der Waals surface area contributed by atoms with Gasteiger partial charge in [-0.2, -0.15) is 0 Å². The van der Waals surface area contributed by atoms with Crippen molar-refractivity contribution in [3.8, 4) is 0 Å². The predicted octanol–water partition coefficient (Wildman–Crippen LogP) is 3.63. The van der Waals surface area contributed by atoms with Crippen molar-refractivity contribution in [1.29, 1.82) is 0 Å². The van der Waals surface area contributed by atoms with Crippen molar-refractivity contribution in [3.05, 3.63) is 0 Å². The first-order valence-corrected chi connectivity index (χ1v) is 9.04. The first kappa shape index (κ1) is 21.1. The normalized spacial score (nSPS) is 27.2. The van der Waals surface area contributed by atoms with Crippen LogP contribution in [-0.2, 0) is 9.59 Å². The zero-order chi connectivity index (χ0) is 17.1. The molecule has 4 nitrogen and oxygen atoms in total. The summed E-state index contributed by atoms with van der Waals surface area (Å²) in [5.41, 5.74) is 5.84. The van der Waals surface area contributed by atoms with Crippen LogP contribution in [0, 0.1) is 11.8 Å². The lowest BCUT2D eigenvalue weighted by atomic mass is 9.85. The molecule has 0 aromatic rings. The highest BCUT2D eigenvalue weighted by molar-refractivity contribution is 5.83. The lowest BCUT2D eigenvalue weighted by Crippen LogP contribution is -2.38. The van der Waals surface area contributed by atoms with Crippen molar-refractivity contribution in [2.24, 2.45) is 17.6 Å². The van der Waals surface area contributed by atoms with Crippen molar-refractivity contribution < 1.29 is 11.0 Å². The molecule has 22 heavy (non-hydrogen) atoms. The molecule has 132 valence electrons. The predicted molar refractivity (Wildman–Crippen MR) is 94.7 cm³/mol. The van der Waals surface area contributed by atoms with E-state index < -0.39 is 0 Å². The molecule has 0 spiro atoms. The number of Topliss-reactive ketones (excluding diaryl/α,β-unsaturated/α-hetero) is 1. The maximum absolute atomic E-state index is 12.2. The van der Waals surface area contributed by atoms with Gasteiger partial charge in [0.25, 0.3) is 0 Å². The molecule has 1 saturated heterocycles. The van der Waals surface area contributed by atoms with Gasteiger partial charge in [0, 0.05) is 32.4 Å². The minimum absolute atomic E-state index is 0. The van der Waals surface area contributed by atoms with Crippen molar-refractivity contribution in [1.82, 2.24) is 4.90 Å². The zero-order valence-electron chi connectivity index (χ0n) is 15.2. The molecule has 2 rings (SSSR count). The van der Waals surface area contributed by atoms with Gasteiger partial charge in [0.05, 0.1) is 0 Å². The second-order valence-electron chi connectivity index (χ2n) is 6.20. The fraction of sp³-hybridized carbons (Fsp3) is 0.889. The van der Waals surface area contributed by atoms with Crippen molar-refractivity contribution in [3.63, 3.8) is 0 Å². The van der Waals surface area contributed by atoms with E-state index in [1.54, 1.807) is 6.92 Å². The van der Waals surface area contributed by atoms with Gasteiger partial charge in [-0.3, -0.25) is 9.59 Å². The van der Waals surface area contributed by atoms with Crippen LogP contribution < -0.4 is 5.73 Å². The van der Waals surface area contributed by atoms with E-state index >= 15 is 0 Å². The minimum atomic E-state index is 0. The van der Waals surface area contributed by atoms with E-state index in [0.717, 1.165) is 38.6 Å². The number of nitrogens with zero attached hydrogens (tertiary/aromatic N) is 1. The molecular formula is C18H38N2O2. The summed E-state index contributed by atoms with van der Waals surface area (Å²) in [5, 5.41) is 0. The second-order valence-corrected chi connectivity index (χ2v) is 6.20. The number of carbonyl (C=O) groups is 2. The van der Waals surface area contributed by atoms with Crippen LogP contribution in [0.25, 0.3) is 0 Å². The maximum Gasteiger partial charge on any atom is 0.225 e. The van der Waals surface area contributed by atoms with Gasteiger partial charge < -0.3 is 10.6 Å². The Morgan fingerprint density at radius 1 is 1.05 bits per heavy atom. The maximum atomic E-state index is 12.2. The van der Waals surface area contributed by atoms with Gasteiger partial charge in [-0.15, -0.1) is 0 Å². The summed E-state index contributed by atoms with van der Waals surface area (Å²) in [6, 6.07) is 0.280. The standard InChI is InChI=1S/C13H22N2O2.C3H8.C2H6.H2/c1-9(16)11-6-7-15(8-11)13(17)10-2-4-12(14)5-3-10;1-3-2;1-2;/h10-12H,2-8,14H2,1H3;3H2,1-2H3;1-2H3;1H/t10?,11-,12?;;;/m1.../s1. The third-order valence-corrected chi connectivity index (χ3v) is 4.20. The van der Waals surface area contributed by atoms with Crippen LogP contribution in [-0.4, -0.2) is 35.7 Å². The molecule has 2 N–H and O–H groups in total. The molecule has 0 aromatic carbocycles. The summed E-state index contributed by atoms with van der Waals surface area (Å²) < 4.78 is 0. The molecule has 2 fully saturated rings. The van der Waals surface area contributed by atoms with Gasteiger partial charge in [0.2, 0.25) is 5.91 Å². The van der Waals surface area contributed by atoms with Gasteiger partial charge in [-0.05, 0) is 39.0 Å². The number of nitrogens with two attached hydrogens (primary N) is 1. The number of ketones is 1. The molecule has 0 bridgehead atoms. The second kappa shape index (κ2) is 11.6. The van der Waals surface area contributed by atoms with Crippen LogP contribution in [0.2, 0.25) is 0 Å². The average Bonchev–Trinajstić information content (AvgIpc) is 3.00. The Morgan fingerprint density at radius 3 is 1.95 bits per heavy atom. The quantitative estimate of drug-likeness (QED) is 0.846. The van der Waals surface area contributed by atoms with Crippen molar-refractivity contribution >= 4 is 11.7 Å². The largest absolute Gasteiger partial charge is 0.342 e. The summed E-state index contributed by atoms with van der Waals surface area (Å²) >= 11 is 0. The van der Waals surface area contributed by atoms with Crippen molar-refractivity contribution in [2.45, 2.75) is 79.2 Å². The Hall–Kier alpha value is -0.900. The molecule has 0 aromatic heterocycles. The van der Waals surface area contributed by atoms with Crippen LogP contribution in [0.4, 0.5) is 0 Å². The fourth-order valence-electron chi connectivity index (χ4n) is 2.92. The van der Waals surface area contributed by atoms with Gasteiger partial charge in [0.15, 0.2) is 0 Å².